The van der Waals surface area contributed by atoms with E-state index in [9.17, 15) is 9.59 Å². The summed E-state index contributed by atoms with van der Waals surface area (Å²) in [7, 11) is 1.63. The minimum atomic E-state index is -1.07. The molecule has 0 aromatic heterocycles. The molecule has 0 saturated carbocycles. The lowest BCUT2D eigenvalue weighted by atomic mass is 9.93. The van der Waals surface area contributed by atoms with Gasteiger partial charge in [-0.05, 0) is 37.6 Å². The van der Waals surface area contributed by atoms with Crippen molar-refractivity contribution in [3.8, 4) is 6.07 Å². The minimum absolute atomic E-state index is 0.0431. The molecule has 0 fully saturated rings. The van der Waals surface area contributed by atoms with Crippen LogP contribution in [0.25, 0.3) is 0 Å². The number of rotatable bonds is 2. The summed E-state index contributed by atoms with van der Waals surface area (Å²) in [6.07, 6.45) is 0.326. The number of nitriles is 1. The van der Waals surface area contributed by atoms with E-state index in [2.05, 4.69) is 5.32 Å². The number of anilines is 2. The number of benzene rings is 1. The fourth-order valence-electron chi connectivity index (χ4n) is 2.01. The molecule has 1 aromatic carbocycles. The van der Waals surface area contributed by atoms with E-state index in [1.165, 1.54) is 4.90 Å². The standard InChI is InChI=1S/C14H15N3O2/c1-14(2,8-15)13(19)17(3)10-4-5-11-9(6-10)7-12(18)16-11/h4-6H,7H2,1-3H3,(H,16,18). The highest BCUT2D eigenvalue weighted by atomic mass is 16.2. The van der Waals surface area contributed by atoms with Crippen molar-refractivity contribution in [2.75, 3.05) is 17.3 Å². The molecule has 0 bridgehead atoms. The molecular formula is C14H15N3O2. The molecule has 1 aliphatic rings. The average Bonchev–Trinajstić information content (AvgIpc) is 2.75. The Bertz CT molecular complexity index is 599. The van der Waals surface area contributed by atoms with Crippen LogP contribution in [0.15, 0.2) is 18.2 Å². The summed E-state index contributed by atoms with van der Waals surface area (Å²) in [5, 5.41) is 11.7. The largest absolute Gasteiger partial charge is 0.326 e. The van der Waals surface area contributed by atoms with E-state index in [4.69, 9.17) is 5.26 Å². The van der Waals surface area contributed by atoms with Crippen molar-refractivity contribution in [1.29, 1.82) is 5.26 Å². The van der Waals surface area contributed by atoms with Gasteiger partial charge in [-0.2, -0.15) is 5.26 Å². The Labute approximate surface area is 111 Å². The van der Waals surface area contributed by atoms with E-state index in [0.717, 1.165) is 11.3 Å². The fraction of sp³-hybridized carbons (Fsp3) is 0.357. The van der Waals surface area contributed by atoms with Crippen molar-refractivity contribution in [1.82, 2.24) is 0 Å². The molecule has 0 saturated heterocycles. The third-order valence-corrected chi connectivity index (χ3v) is 3.22. The second-order valence-corrected chi connectivity index (χ2v) is 5.17. The van der Waals surface area contributed by atoms with Crippen LogP contribution in [0, 0.1) is 16.7 Å². The van der Waals surface area contributed by atoms with E-state index in [1.807, 2.05) is 6.07 Å². The summed E-state index contributed by atoms with van der Waals surface area (Å²) in [6, 6.07) is 7.33. The number of amides is 2. The monoisotopic (exact) mass is 257 g/mol. The van der Waals surface area contributed by atoms with Gasteiger partial charge in [-0.25, -0.2) is 0 Å². The maximum atomic E-state index is 12.2. The zero-order valence-corrected chi connectivity index (χ0v) is 11.2. The lowest BCUT2D eigenvalue weighted by Gasteiger charge is -2.24. The first-order chi connectivity index (χ1) is 8.85. The molecule has 0 aliphatic carbocycles. The highest BCUT2D eigenvalue weighted by Crippen LogP contribution is 2.29. The van der Waals surface area contributed by atoms with Gasteiger partial charge >= 0.3 is 0 Å². The molecule has 1 aromatic rings. The summed E-state index contributed by atoms with van der Waals surface area (Å²) < 4.78 is 0. The molecule has 0 radical (unpaired) electrons. The SMILES string of the molecule is CN(C(=O)C(C)(C)C#N)c1ccc2c(c1)CC(=O)N2. The third-order valence-electron chi connectivity index (χ3n) is 3.22. The summed E-state index contributed by atoms with van der Waals surface area (Å²) >= 11 is 0. The van der Waals surface area contributed by atoms with Gasteiger partial charge in [-0.1, -0.05) is 0 Å². The number of nitrogens with one attached hydrogen (secondary N) is 1. The number of carbonyl (C=O) groups is 2. The topological polar surface area (TPSA) is 73.2 Å². The molecule has 5 nitrogen and oxygen atoms in total. The molecule has 1 N–H and O–H groups in total. The molecule has 0 spiro atoms. The van der Waals surface area contributed by atoms with Gasteiger partial charge < -0.3 is 10.2 Å². The molecule has 1 heterocycles. The Morgan fingerprint density at radius 2 is 2.16 bits per heavy atom. The highest BCUT2D eigenvalue weighted by Gasteiger charge is 2.31. The molecule has 5 heteroatoms. The fourth-order valence-corrected chi connectivity index (χ4v) is 2.01. The van der Waals surface area contributed by atoms with Gasteiger partial charge in [0.25, 0.3) is 0 Å². The van der Waals surface area contributed by atoms with Gasteiger partial charge in [0.15, 0.2) is 0 Å². The van der Waals surface area contributed by atoms with Crippen molar-refractivity contribution < 1.29 is 9.59 Å². The first-order valence-electron chi connectivity index (χ1n) is 5.97. The number of hydrogen-bond acceptors (Lipinski definition) is 3. The van der Waals surface area contributed by atoms with Crippen molar-refractivity contribution in [2.45, 2.75) is 20.3 Å². The first-order valence-corrected chi connectivity index (χ1v) is 5.97. The molecule has 0 atom stereocenters. The van der Waals surface area contributed by atoms with Crippen LogP contribution in [0.1, 0.15) is 19.4 Å². The lowest BCUT2D eigenvalue weighted by Crippen LogP contribution is -2.37. The van der Waals surface area contributed by atoms with E-state index in [0.29, 0.717) is 12.1 Å². The smallest absolute Gasteiger partial charge is 0.246 e. The van der Waals surface area contributed by atoms with E-state index < -0.39 is 5.41 Å². The lowest BCUT2D eigenvalue weighted by molar-refractivity contribution is -0.123. The molecule has 0 unspecified atom stereocenters. The Morgan fingerprint density at radius 3 is 2.79 bits per heavy atom. The summed E-state index contributed by atoms with van der Waals surface area (Å²) in [5.41, 5.74) is 1.27. The maximum absolute atomic E-state index is 12.2. The van der Waals surface area contributed by atoms with Crippen molar-refractivity contribution in [3.05, 3.63) is 23.8 Å². The number of hydrogen-bond donors (Lipinski definition) is 1. The maximum Gasteiger partial charge on any atom is 0.246 e. The first kappa shape index (κ1) is 13.1. The third kappa shape index (κ3) is 2.29. The van der Waals surface area contributed by atoms with Gasteiger partial charge in [0.1, 0.15) is 5.41 Å². The molecule has 19 heavy (non-hydrogen) atoms. The Kier molecular flexibility index (Phi) is 3.03. The van der Waals surface area contributed by atoms with E-state index in [1.54, 1.807) is 39.1 Å². The number of nitrogens with zero attached hydrogens (tertiary/aromatic N) is 2. The van der Waals surface area contributed by atoms with Crippen LogP contribution in [0.2, 0.25) is 0 Å². The van der Waals surface area contributed by atoms with Crippen LogP contribution in [0.3, 0.4) is 0 Å². The van der Waals surface area contributed by atoms with Crippen molar-refractivity contribution in [3.63, 3.8) is 0 Å². The van der Waals surface area contributed by atoms with Crippen LogP contribution >= 0.6 is 0 Å². The predicted molar refractivity (Wildman–Crippen MR) is 71.6 cm³/mol. The van der Waals surface area contributed by atoms with Gasteiger partial charge in [0.05, 0.1) is 12.5 Å². The van der Waals surface area contributed by atoms with Gasteiger partial charge in [0, 0.05) is 18.4 Å². The Morgan fingerprint density at radius 1 is 1.47 bits per heavy atom. The van der Waals surface area contributed by atoms with Crippen LogP contribution < -0.4 is 10.2 Å². The van der Waals surface area contributed by atoms with Gasteiger partial charge in [-0.15, -0.1) is 0 Å². The number of carbonyl (C=O) groups excluding carboxylic acids is 2. The summed E-state index contributed by atoms with van der Waals surface area (Å²) in [5.74, 6) is -0.314. The predicted octanol–water partition coefficient (Wildman–Crippen LogP) is 1.69. The van der Waals surface area contributed by atoms with Crippen LogP contribution in [0.4, 0.5) is 11.4 Å². The zero-order valence-electron chi connectivity index (χ0n) is 11.2. The van der Waals surface area contributed by atoms with Crippen LogP contribution in [-0.4, -0.2) is 18.9 Å². The van der Waals surface area contributed by atoms with Gasteiger partial charge in [-0.3, -0.25) is 9.59 Å². The summed E-state index contributed by atoms with van der Waals surface area (Å²) in [6.45, 7) is 3.18. The highest BCUT2D eigenvalue weighted by molar-refractivity contribution is 6.02. The molecule has 2 rings (SSSR count). The zero-order chi connectivity index (χ0) is 14.2. The van der Waals surface area contributed by atoms with E-state index >= 15 is 0 Å². The van der Waals surface area contributed by atoms with Gasteiger partial charge in [0.2, 0.25) is 11.8 Å². The van der Waals surface area contributed by atoms with E-state index in [-0.39, 0.29) is 11.8 Å². The van der Waals surface area contributed by atoms with Crippen molar-refractivity contribution >= 4 is 23.2 Å². The Hall–Kier alpha value is -2.35. The van der Waals surface area contributed by atoms with Crippen molar-refractivity contribution in [2.24, 2.45) is 5.41 Å². The molecule has 2 amide bonds. The summed E-state index contributed by atoms with van der Waals surface area (Å²) in [4.78, 5) is 24.9. The Balaban J connectivity index is 2.29. The van der Waals surface area contributed by atoms with Crippen LogP contribution in [0.5, 0.6) is 0 Å². The second-order valence-electron chi connectivity index (χ2n) is 5.17. The number of fused-ring (bicyclic) bond motifs is 1. The molecule has 98 valence electrons. The average molecular weight is 257 g/mol. The molecular weight excluding hydrogens is 242 g/mol. The van der Waals surface area contributed by atoms with Crippen LogP contribution in [-0.2, 0) is 16.0 Å². The minimum Gasteiger partial charge on any atom is -0.326 e. The quantitative estimate of drug-likeness (QED) is 0.876. The molecule has 1 aliphatic heterocycles. The second kappa shape index (κ2) is 4.39. The normalized spacial score (nSPS) is 13.5.